The van der Waals surface area contributed by atoms with Crippen LogP contribution in [0.25, 0.3) is 0 Å². The Kier molecular flexibility index (Phi) is 6.54. The van der Waals surface area contributed by atoms with E-state index in [0.717, 1.165) is 23.1 Å². The molecule has 0 aliphatic carbocycles. The van der Waals surface area contributed by atoms with Crippen LogP contribution in [0, 0.1) is 5.92 Å². The van der Waals surface area contributed by atoms with Crippen LogP contribution in [0.2, 0.25) is 0 Å². The molecule has 0 aliphatic rings. The lowest BCUT2D eigenvalue weighted by atomic mass is 10.0. The molecule has 1 aromatic carbocycles. The number of benzene rings is 1. The average molecular weight is 265 g/mol. The Morgan fingerprint density at radius 1 is 1.11 bits per heavy atom. The highest BCUT2D eigenvalue weighted by atomic mass is 16.5. The highest BCUT2D eigenvalue weighted by Crippen LogP contribution is 2.30. The molecule has 1 rings (SSSR count). The Balaban J connectivity index is 2.63. The van der Waals surface area contributed by atoms with Gasteiger partial charge in [0.15, 0.2) is 11.5 Å². The van der Waals surface area contributed by atoms with Gasteiger partial charge in [-0.1, -0.05) is 13.8 Å². The summed E-state index contributed by atoms with van der Waals surface area (Å²) < 4.78 is 10.9. The molecular formula is C16H27NO2. The van der Waals surface area contributed by atoms with Gasteiger partial charge in [-0.15, -0.1) is 0 Å². The molecule has 3 heteroatoms. The van der Waals surface area contributed by atoms with Crippen LogP contribution in [-0.4, -0.2) is 19.8 Å². The van der Waals surface area contributed by atoms with Crippen LogP contribution < -0.4 is 14.8 Å². The molecule has 0 amide bonds. The van der Waals surface area contributed by atoms with Crippen LogP contribution in [0.15, 0.2) is 18.2 Å². The van der Waals surface area contributed by atoms with Crippen LogP contribution in [0.3, 0.4) is 0 Å². The number of nitrogens with one attached hydrogen (secondary N) is 1. The third-order valence-corrected chi connectivity index (χ3v) is 3.05. The molecule has 0 saturated carbocycles. The Morgan fingerprint density at radius 3 is 2.42 bits per heavy atom. The first-order valence-corrected chi connectivity index (χ1v) is 7.14. The Labute approximate surface area is 117 Å². The largest absolute Gasteiger partial charge is 0.493 e. The maximum Gasteiger partial charge on any atom is 0.162 e. The minimum atomic E-state index is 0.463. The van der Waals surface area contributed by atoms with Gasteiger partial charge in [0, 0.05) is 17.8 Å². The molecule has 108 valence electrons. The van der Waals surface area contributed by atoms with Crippen LogP contribution in [0.1, 0.15) is 40.5 Å². The molecule has 0 fully saturated rings. The quantitative estimate of drug-likeness (QED) is 0.759. The molecule has 0 heterocycles. The van der Waals surface area contributed by atoms with Crippen molar-refractivity contribution in [1.82, 2.24) is 0 Å². The summed E-state index contributed by atoms with van der Waals surface area (Å²) in [5.74, 6) is 2.33. The SMILES string of the molecule is CCOc1ccc(NC(C)CCC(C)C)cc1OC. The molecule has 0 saturated heterocycles. The summed E-state index contributed by atoms with van der Waals surface area (Å²) in [5, 5.41) is 3.51. The van der Waals surface area contributed by atoms with Gasteiger partial charge in [-0.3, -0.25) is 0 Å². The molecule has 0 spiro atoms. The monoisotopic (exact) mass is 265 g/mol. The third kappa shape index (κ3) is 5.41. The van der Waals surface area contributed by atoms with Crippen molar-refractivity contribution >= 4 is 5.69 Å². The van der Waals surface area contributed by atoms with Crippen LogP contribution in [0.5, 0.6) is 11.5 Å². The van der Waals surface area contributed by atoms with E-state index in [0.29, 0.717) is 12.6 Å². The standard InChI is InChI=1S/C16H27NO2/c1-6-19-15-10-9-14(11-16(15)18-5)17-13(4)8-7-12(2)3/h9-13,17H,6-8H2,1-5H3. The van der Waals surface area contributed by atoms with Gasteiger partial charge in [-0.05, 0) is 44.7 Å². The maximum absolute atomic E-state index is 5.51. The second-order valence-electron chi connectivity index (χ2n) is 5.32. The van der Waals surface area contributed by atoms with E-state index in [-0.39, 0.29) is 0 Å². The molecule has 19 heavy (non-hydrogen) atoms. The van der Waals surface area contributed by atoms with Crippen molar-refractivity contribution in [3.63, 3.8) is 0 Å². The first-order valence-electron chi connectivity index (χ1n) is 7.14. The zero-order valence-electron chi connectivity index (χ0n) is 12.8. The molecule has 0 aliphatic heterocycles. The maximum atomic E-state index is 5.51. The van der Waals surface area contributed by atoms with Crippen molar-refractivity contribution in [2.24, 2.45) is 5.92 Å². The summed E-state index contributed by atoms with van der Waals surface area (Å²) in [5.41, 5.74) is 1.08. The third-order valence-electron chi connectivity index (χ3n) is 3.05. The summed E-state index contributed by atoms with van der Waals surface area (Å²) in [4.78, 5) is 0. The molecule has 1 unspecified atom stereocenters. The number of rotatable bonds is 8. The number of hydrogen-bond acceptors (Lipinski definition) is 3. The van der Waals surface area contributed by atoms with Crippen LogP contribution in [-0.2, 0) is 0 Å². The van der Waals surface area contributed by atoms with Crippen LogP contribution in [0.4, 0.5) is 5.69 Å². The highest BCUT2D eigenvalue weighted by Gasteiger charge is 2.08. The first kappa shape index (κ1) is 15.7. The van der Waals surface area contributed by atoms with Gasteiger partial charge >= 0.3 is 0 Å². The van der Waals surface area contributed by atoms with E-state index in [1.54, 1.807) is 7.11 Å². The number of ether oxygens (including phenoxy) is 2. The summed E-state index contributed by atoms with van der Waals surface area (Å²) in [6, 6.07) is 6.46. The minimum Gasteiger partial charge on any atom is -0.493 e. The van der Waals surface area contributed by atoms with E-state index in [1.165, 1.54) is 12.8 Å². The summed E-state index contributed by atoms with van der Waals surface area (Å²) in [7, 11) is 1.67. The molecule has 1 aromatic rings. The van der Waals surface area contributed by atoms with Crippen LogP contribution >= 0.6 is 0 Å². The predicted octanol–water partition coefficient (Wildman–Crippen LogP) is 4.33. The van der Waals surface area contributed by atoms with Crippen molar-refractivity contribution in [2.75, 3.05) is 19.0 Å². The lowest BCUT2D eigenvalue weighted by molar-refractivity contribution is 0.311. The second kappa shape index (κ2) is 7.93. The van der Waals surface area contributed by atoms with E-state index in [2.05, 4.69) is 26.1 Å². The zero-order chi connectivity index (χ0) is 14.3. The molecule has 3 nitrogen and oxygen atoms in total. The van der Waals surface area contributed by atoms with Gasteiger partial charge < -0.3 is 14.8 Å². The van der Waals surface area contributed by atoms with Gasteiger partial charge in [-0.2, -0.15) is 0 Å². The van der Waals surface area contributed by atoms with E-state index in [1.807, 2.05) is 25.1 Å². The van der Waals surface area contributed by atoms with Gasteiger partial charge in [0.05, 0.1) is 13.7 Å². The first-order chi connectivity index (χ1) is 9.06. The highest BCUT2D eigenvalue weighted by molar-refractivity contribution is 5.55. The number of anilines is 1. The van der Waals surface area contributed by atoms with Crippen molar-refractivity contribution in [3.8, 4) is 11.5 Å². The Hall–Kier alpha value is -1.38. The van der Waals surface area contributed by atoms with Gasteiger partial charge in [0.1, 0.15) is 0 Å². The normalized spacial score (nSPS) is 12.3. The fourth-order valence-corrected chi connectivity index (χ4v) is 1.97. The zero-order valence-corrected chi connectivity index (χ0v) is 12.8. The summed E-state index contributed by atoms with van der Waals surface area (Å²) >= 11 is 0. The Morgan fingerprint density at radius 2 is 1.84 bits per heavy atom. The number of methoxy groups -OCH3 is 1. The van der Waals surface area contributed by atoms with E-state index in [9.17, 15) is 0 Å². The lowest BCUT2D eigenvalue weighted by Gasteiger charge is -2.18. The van der Waals surface area contributed by atoms with Crippen molar-refractivity contribution < 1.29 is 9.47 Å². The Bertz CT molecular complexity index is 377. The average Bonchev–Trinajstić information content (AvgIpc) is 2.38. The summed E-state index contributed by atoms with van der Waals surface area (Å²) in [6.07, 6.45) is 2.41. The van der Waals surface area contributed by atoms with Crippen molar-refractivity contribution in [1.29, 1.82) is 0 Å². The van der Waals surface area contributed by atoms with E-state index in [4.69, 9.17) is 9.47 Å². The molecular weight excluding hydrogens is 238 g/mol. The second-order valence-corrected chi connectivity index (χ2v) is 5.32. The molecule has 1 atom stereocenters. The molecule has 0 aromatic heterocycles. The fraction of sp³-hybridized carbons (Fsp3) is 0.625. The van der Waals surface area contributed by atoms with Crippen molar-refractivity contribution in [3.05, 3.63) is 18.2 Å². The fourth-order valence-electron chi connectivity index (χ4n) is 1.97. The van der Waals surface area contributed by atoms with Crippen molar-refractivity contribution in [2.45, 2.75) is 46.6 Å². The lowest BCUT2D eigenvalue weighted by Crippen LogP contribution is -2.15. The predicted molar refractivity (Wildman–Crippen MR) is 81.3 cm³/mol. The van der Waals surface area contributed by atoms with Gasteiger partial charge in [0.2, 0.25) is 0 Å². The smallest absolute Gasteiger partial charge is 0.162 e. The molecule has 0 bridgehead atoms. The number of hydrogen-bond donors (Lipinski definition) is 1. The van der Waals surface area contributed by atoms with Gasteiger partial charge in [-0.25, -0.2) is 0 Å². The minimum absolute atomic E-state index is 0.463. The molecule has 1 N–H and O–H groups in total. The van der Waals surface area contributed by atoms with E-state index < -0.39 is 0 Å². The topological polar surface area (TPSA) is 30.5 Å². The molecule has 0 radical (unpaired) electrons. The van der Waals surface area contributed by atoms with Gasteiger partial charge in [0.25, 0.3) is 0 Å². The summed E-state index contributed by atoms with van der Waals surface area (Å²) in [6.45, 7) is 9.35. The van der Waals surface area contributed by atoms with E-state index >= 15 is 0 Å².